The van der Waals surface area contributed by atoms with Gasteiger partial charge in [-0.3, -0.25) is 0 Å². The van der Waals surface area contributed by atoms with E-state index in [-0.39, 0.29) is 11.9 Å². The molecule has 1 aliphatic rings. The van der Waals surface area contributed by atoms with Crippen LogP contribution in [0.15, 0.2) is 22.7 Å². The largest absolute Gasteiger partial charge is 0.381 e. The SMILES string of the molecule is N[C@@H](c1c(F)cccc1Br)C1CCOCC1. The Hall–Kier alpha value is -0.450. The molecule has 0 saturated carbocycles. The zero-order valence-corrected chi connectivity index (χ0v) is 10.5. The van der Waals surface area contributed by atoms with Crippen LogP contribution >= 0.6 is 15.9 Å². The van der Waals surface area contributed by atoms with Crippen molar-refractivity contribution in [1.82, 2.24) is 0 Å². The van der Waals surface area contributed by atoms with E-state index in [1.54, 1.807) is 6.07 Å². The van der Waals surface area contributed by atoms with Crippen LogP contribution in [-0.4, -0.2) is 13.2 Å². The number of nitrogens with two attached hydrogens (primary N) is 1. The maximum absolute atomic E-state index is 13.7. The molecule has 1 aliphatic heterocycles. The number of hydrogen-bond acceptors (Lipinski definition) is 2. The third-order valence-corrected chi connectivity index (χ3v) is 3.80. The molecule has 0 aliphatic carbocycles. The van der Waals surface area contributed by atoms with E-state index in [9.17, 15) is 4.39 Å². The standard InChI is InChI=1S/C12H15BrFNO/c13-9-2-1-3-10(14)11(9)12(15)8-4-6-16-7-5-8/h1-3,8,12H,4-7,15H2/t12-/m1/s1. The van der Waals surface area contributed by atoms with Crippen molar-refractivity contribution in [1.29, 1.82) is 0 Å². The first-order valence-corrected chi connectivity index (χ1v) is 6.26. The molecule has 1 fully saturated rings. The van der Waals surface area contributed by atoms with Crippen LogP contribution in [0.5, 0.6) is 0 Å². The highest BCUT2D eigenvalue weighted by Crippen LogP contribution is 2.33. The van der Waals surface area contributed by atoms with Gasteiger partial charge in [-0.25, -0.2) is 4.39 Å². The number of rotatable bonds is 2. The van der Waals surface area contributed by atoms with E-state index in [0.717, 1.165) is 30.5 Å². The van der Waals surface area contributed by atoms with Crippen LogP contribution in [0.4, 0.5) is 4.39 Å². The summed E-state index contributed by atoms with van der Waals surface area (Å²) < 4.78 is 19.8. The molecule has 2 rings (SSSR count). The fourth-order valence-corrected chi connectivity index (χ4v) is 2.75. The van der Waals surface area contributed by atoms with Gasteiger partial charge in [0.15, 0.2) is 0 Å². The monoisotopic (exact) mass is 287 g/mol. The summed E-state index contributed by atoms with van der Waals surface area (Å²) in [6.07, 6.45) is 1.81. The van der Waals surface area contributed by atoms with Gasteiger partial charge in [0.05, 0.1) is 0 Å². The fraction of sp³-hybridized carbons (Fsp3) is 0.500. The van der Waals surface area contributed by atoms with Crippen molar-refractivity contribution in [2.45, 2.75) is 18.9 Å². The molecule has 0 radical (unpaired) electrons. The Kier molecular flexibility index (Phi) is 3.95. The van der Waals surface area contributed by atoms with Crippen molar-refractivity contribution in [3.05, 3.63) is 34.1 Å². The van der Waals surface area contributed by atoms with Crippen molar-refractivity contribution >= 4 is 15.9 Å². The first kappa shape index (κ1) is 12.0. The molecule has 1 atom stereocenters. The Morgan fingerprint density at radius 3 is 2.69 bits per heavy atom. The second-order valence-electron chi connectivity index (χ2n) is 4.11. The predicted octanol–water partition coefficient (Wildman–Crippen LogP) is 3.01. The first-order chi connectivity index (χ1) is 7.70. The highest BCUT2D eigenvalue weighted by molar-refractivity contribution is 9.10. The van der Waals surface area contributed by atoms with Gasteiger partial charge in [-0.1, -0.05) is 22.0 Å². The van der Waals surface area contributed by atoms with Gasteiger partial charge in [0, 0.05) is 29.3 Å². The lowest BCUT2D eigenvalue weighted by molar-refractivity contribution is 0.0579. The summed E-state index contributed by atoms with van der Waals surface area (Å²) in [5, 5.41) is 0. The lowest BCUT2D eigenvalue weighted by Crippen LogP contribution is -2.28. The molecular formula is C12H15BrFNO. The Bertz CT molecular complexity index is 346. The van der Waals surface area contributed by atoms with Gasteiger partial charge in [-0.05, 0) is 30.9 Å². The highest BCUT2D eigenvalue weighted by Gasteiger charge is 2.25. The summed E-state index contributed by atoms with van der Waals surface area (Å²) in [5.41, 5.74) is 6.74. The molecule has 16 heavy (non-hydrogen) atoms. The molecule has 1 aromatic carbocycles. The average Bonchev–Trinajstić information content (AvgIpc) is 2.30. The Morgan fingerprint density at radius 2 is 2.06 bits per heavy atom. The molecular weight excluding hydrogens is 273 g/mol. The van der Waals surface area contributed by atoms with Crippen LogP contribution in [0.3, 0.4) is 0 Å². The van der Waals surface area contributed by atoms with Gasteiger partial charge < -0.3 is 10.5 Å². The van der Waals surface area contributed by atoms with Crippen LogP contribution in [0.1, 0.15) is 24.4 Å². The Balaban J connectivity index is 2.22. The minimum Gasteiger partial charge on any atom is -0.381 e. The summed E-state index contributed by atoms with van der Waals surface area (Å²) >= 11 is 3.36. The summed E-state index contributed by atoms with van der Waals surface area (Å²) in [6.45, 7) is 1.45. The van der Waals surface area contributed by atoms with E-state index in [0.29, 0.717) is 11.5 Å². The minimum absolute atomic E-state index is 0.228. The fourth-order valence-electron chi connectivity index (χ4n) is 2.14. The second-order valence-corrected chi connectivity index (χ2v) is 4.97. The summed E-state index contributed by atoms with van der Waals surface area (Å²) in [6, 6.07) is 4.72. The quantitative estimate of drug-likeness (QED) is 0.908. The van der Waals surface area contributed by atoms with E-state index in [2.05, 4.69) is 15.9 Å². The number of benzene rings is 1. The van der Waals surface area contributed by atoms with E-state index < -0.39 is 0 Å². The van der Waals surface area contributed by atoms with Gasteiger partial charge in [0.2, 0.25) is 0 Å². The van der Waals surface area contributed by atoms with Crippen molar-refractivity contribution in [3.8, 4) is 0 Å². The highest BCUT2D eigenvalue weighted by atomic mass is 79.9. The summed E-state index contributed by atoms with van der Waals surface area (Å²) in [5.74, 6) is 0.0790. The first-order valence-electron chi connectivity index (χ1n) is 5.47. The third kappa shape index (κ3) is 2.44. The zero-order valence-electron chi connectivity index (χ0n) is 8.96. The maximum atomic E-state index is 13.7. The molecule has 0 unspecified atom stereocenters. The number of halogens is 2. The third-order valence-electron chi connectivity index (χ3n) is 3.11. The number of ether oxygens (including phenoxy) is 1. The maximum Gasteiger partial charge on any atom is 0.129 e. The van der Waals surface area contributed by atoms with Crippen LogP contribution in [0.2, 0.25) is 0 Å². The van der Waals surface area contributed by atoms with Gasteiger partial charge in [-0.2, -0.15) is 0 Å². The van der Waals surface area contributed by atoms with Gasteiger partial charge >= 0.3 is 0 Å². The summed E-state index contributed by atoms with van der Waals surface area (Å²) in [7, 11) is 0. The number of hydrogen-bond donors (Lipinski definition) is 1. The molecule has 1 aromatic rings. The van der Waals surface area contributed by atoms with Gasteiger partial charge in [-0.15, -0.1) is 0 Å². The molecule has 0 amide bonds. The van der Waals surface area contributed by atoms with Crippen molar-refractivity contribution in [2.24, 2.45) is 11.7 Å². The van der Waals surface area contributed by atoms with Crippen LogP contribution < -0.4 is 5.73 Å². The molecule has 1 saturated heterocycles. The molecule has 2 N–H and O–H groups in total. The van der Waals surface area contributed by atoms with Gasteiger partial charge in [0.1, 0.15) is 5.82 Å². The molecule has 0 bridgehead atoms. The van der Waals surface area contributed by atoms with E-state index in [1.165, 1.54) is 6.07 Å². The van der Waals surface area contributed by atoms with Crippen LogP contribution in [0, 0.1) is 11.7 Å². The van der Waals surface area contributed by atoms with Gasteiger partial charge in [0.25, 0.3) is 0 Å². The minimum atomic E-state index is -0.250. The van der Waals surface area contributed by atoms with Crippen molar-refractivity contribution in [3.63, 3.8) is 0 Å². The molecule has 1 heterocycles. The molecule has 4 heteroatoms. The lowest BCUT2D eigenvalue weighted by Gasteiger charge is -2.28. The predicted molar refractivity (Wildman–Crippen MR) is 64.6 cm³/mol. The molecule has 0 aromatic heterocycles. The van der Waals surface area contributed by atoms with E-state index >= 15 is 0 Å². The lowest BCUT2D eigenvalue weighted by atomic mass is 9.87. The molecule has 0 spiro atoms. The second kappa shape index (κ2) is 5.25. The van der Waals surface area contributed by atoms with Crippen LogP contribution in [-0.2, 0) is 4.74 Å². The summed E-state index contributed by atoms with van der Waals surface area (Å²) in [4.78, 5) is 0. The van der Waals surface area contributed by atoms with Crippen molar-refractivity contribution < 1.29 is 9.13 Å². The Morgan fingerprint density at radius 1 is 1.38 bits per heavy atom. The normalized spacial score (nSPS) is 19.7. The van der Waals surface area contributed by atoms with E-state index in [1.807, 2.05) is 6.07 Å². The molecule has 2 nitrogen and oxygen atoms in total. The smallest absolute Gasteiger partial charge is 0.129 e. The average molecular weight is 288 g/mol. The topological polar surface area (TPSA) is 35.2 Å². The van der Waals surface area contributed by atoms with Crippen LogP contribution in [0.25, 0.3) is 0 Å². The zero-order chi connectivity index (χ0) is 11.5. The van der Waals surface area contributed by atoms with E-state index in [4.69, 9.17) is 10.5 Å². The van der Waals surface area contributed by atoms with Crippen molar-refractivity contribution in [2.75, 3.05) is 13.2 Å². The Labute approximate surface area is 103 Å². The molecule has 88 valence electrons.